The Morgan fingerprint density at radius 2 is 1.91 bits per heavy atom. The van der Waals surface area contributed by atoms with Crippen LogP contribution in [0.1, 0.15) is 6.92 Å². The molecule has 23 heavy (non-hydrogen) atoms. The zero-order valence-corrected chi connectivity index (χ0v) is 12.3. The molecule has 0 radical (unpaired) electrons. The van der Waals surface area contributed by atoms with E-state index in [0.29, 0.717) is 11.4 Å². The molecule has 0 saturated carbocycles. The Labute approximate surface area is 132 Å². The van der Waals surface area contributed by atoms with Gasteiger partial charge < -0.3 is 10.1 Å². The Balaban J connectivity index is 1.61. The first kappa shape index (κ1) is 14.6. The quantitative estimate of drug-likeness (QED) is 0.766. The predicted octanol–water partition coefficient (Wildman–Crippen LogP) is 1.46. The summed E-state index contributed by atoms with van der Waals surface area (Å²) in [4.78, 5) is 16.0. The number of carbonyl (C=O) groups is 1. The van der Waals surface area contributed by atoms with Crippen LogP contribution >= 0.6 is 0 Å². The van der Waals surface area contributed by atoms with Crippen LogP contribution in [0.5, 0.6) is 5.75 Å². The van der Waals surface area contributed by atoms with Crippen molar-refractivity contribution in [3.05, 3.63) is 55.1 Å². The van der Waals surface area contributed by atoms with Crippen LogP contribution in [0.3, 0.4) is 0 Å². The second-order valence-corrected chi connectivity index (χ2v) is 4.73. The highest BCUT2D eigenvalue weighted by Gasteiger charge is 2.14. The third-order valence-electron chi connectivity index (χ3n) is 3.08. The Hall–Kier alpha value is -3.29. The number of anilines is 1. The lowest BCUT2D eigenvalue weighted by Crippen LogP contribution is -2.30. The van der Waals surface area contributed by atoms with Gasteiger partial charge in [-0.2, -0.15) is 0 Å². The van der Waals surface area contributed by atoms with Crippen LogP contribution in [0, 0.1) is 0 Å². The first-order valence-electron chi connectivity index (χ1n) is 6.93. The maximum Gasteiger partial charge on any atom is 0.265 e. The molecule has 0 saturated heterocycles. The van der Waals surface area contributed by atoms with E-state index >= 15 is 0 Å². The number of nitrogens with zero attached hydrogens (tertiary/aromatic N) is 5. The van der Waals surface area contributed by atoms with Crippen LogP contribution in [0.15, 0.2) is 55.1 Å². The van der Waals surface area contributed by atoms with Gasteiger partial charge in [-0.05, 0) is 53.7 Å². The van der Waals surface area contributed by atoms with E-state index in [-0.39, 0.29) is 5.91 Å². The van der Waals surface area contributed by atoms with Crippen molar-refractivity contribution < 1.29 is 9.53 Å². The predicted molar refractivity (Wildman–Crippen MR) is 82.1 cm³/mol. The van der Waals surface area contributed by atoms with Crippen molar-refractivity contribution in [1.82, 2.24) is 25.2 Å². The lowest BCUT2D eigenvalue weighted by atomic mass is 10.3. The van der Waals surface area contributed by atoms with Gasteiger partial charge >= 0.3 is 0 Å². The summed E-state index contributed by atoms with van der Waals surface area (Å²) in [7, 11) is 0. The molecule has 0 aliphatic carbocycles. The van der Waals surface area contributed by atoms with Crippen LogP contribution in [0.25, 0.3) is 5.69 Å². The molecule has 8 nitrogen and oxygen atoms in total. The molecule has 8 heteroatoms. The normalized spacial score (nSPS) is 11.7. The summed E-state index contributed by atoms with van der Waals surface area (Å²) in [6.45, 7) is 1.69. The smallest absolute Gasteiger partial charge is 0.265 e. The molecular weight excluding hydrogens is 296 g/mol. The largest absolute Gasteiger partial charge is 0.481 e. The first-order valence-corrected chi connectivity index (χ1v) is 6.93. The van der Waals surface area contributed by atoms with E-state index in [9.17, 15) is 4.79 Å². The number of tetrazole rings is 1. The number of benzene rings is 1. The zero-order chi connectivity index (χ0) is 16.1. The fraction of sp³-hybridized carbons (Fsp3) is 0.133. The van der Waals surface area contributed by atoms with Crippen LogP contribution in [-0.4, -0.2) is 37.2 Å². The van der Waals surface area contributed by atoms with Gasteiger partial charge in [0, 0.05) is 18.1 Å². The minimum Gasteiger partial charge on any atom is -0.481 e. The summed E-state index contributed by atoms with van der Waals surface area (Å²) in [6, 6.07) is 10.6. The molecule has 1 amide bonds. The lowest BCUT2D eigenvalue weighted by molar-refractivity contribution is -0.122. The Bertz CT molecular complexity index is 758. The maximum atomic E-state index is 12.1. The van der Waals surface area contributed by atoms with E-state index in [1.54, 1.807) is 55.7 Å². The molecule has 1 N–H and O–H groups in total. The topological polar surface area (TPSA) is 94.8 Å². The number of hydrogen-bond donors (Lipinski definition) is 1. The van der Waals surface area contributed by atoms with Gasteiger partial charge in [-0.15, -0.1) is 5.10 Å². The number of pyridine rings is 1. The number of aromatic nitrogens is 5. The molecule has 0 aliphatic heterocycles. The second-order valence-electron chi connectivity index (χ2n) is 4.73. The Morgan fingerprint density at radius 1 is 1.17 bits per heavy atom. The number of carbonyl (C=O) groups excluding carboxylic acids is 1. The Morgan fingerprint density at radius 3 is 2.57 bits per heavy atom. The fourth-order valence-corrected chi connectivity index (χ4v) is 1.89. The molecule has 0 bridgehead atoms. The fourth-order valence-electron chi connectivity index (χ4n) is 1.89. The lowest BCUT2D eigenvalue weighted by Gasteiger charge is -2.15. The van der Waals surface area contributed by atoms with Crippen LogP contribution < -0.4 is 10.1 Å². The number of hydrogen-bond acceptors (Lipinski definition) is 6. The molecule has 2 heterocycles. The van der Waals surface area contributed by atoms with E-state index in [0.717, 1.165) is 5.69 Å². The number of nitrogens with one attached hydrogen (secondary N) is 1. The summed E-state index contributed by atoms with van der Waals surface area (Å²) in [5.41, 5.74) is 1.48. The van der Waals surface area contributed by atoms with Crippen molar-refractivity contribution in [2.24, 2.45) is 0 Å². The SMILES string of the molecule is C[C@@H](Oc1ccc(-n2cnnn2)cc1)C(=O)Nc1ccncc1. The molecule has 116 valence electrons. The van der Waals surface area contributed by atoms with Crippen molar-refractivity contribution in [2.45, 2.75) is 13.0 Å². The average Bonchev–Trinajstić information content (AvgIpc) is 3.11. The van der Waals surface area contributed by atoms with Crippen molar-refractivity contribution in [2.75, 3.05) is 5.32 Å². The summed E-state index contributed by atoms with van der Waals surface area (Å²) in [6.07, 6.45) is 4.08. The molecule has 1 aromatic carbocycles. The maximum absolute atomic E-state index is 12.1. The van der Waals surface area contributed by atoms with Crippen LogP contribution in [0.4, 0.5) is 5.69 Å². The first-order chi connectivity index (χ1) is 11.2. The minimum atomic E-state index is -0.637. The highest BCUT2D eigenvalue weighted by Crippen LogP contribution is 2.16. The third kappa shape index (κ3) is 3.67. The van der Waals surface area contributed by atoms with Gasteiger partial charge in [0.1, 0.15) is 12.1 Å². The highest BCUT2D eigenvalue weighted by molar-refractivity contribution is 5.94. The van der Waals surface area contributed by atoms with Gasteiger partial charge in [0.25, 0.3) is 5.91 Å². The van der Waals surface area contributed by atoms with E-state index < -0.39 is 6.10 Å². The van der Waals surface area contributed by atoms with Gasteiger partial charge in [-0.3, -0.25) is 9.78 Å². The number of rotatable bonds is 5. The minimum absolute atomic E-state index is 0.235. The molecule has 2 aromatic heterocycles. The van der Waals surface area contributed by atoms with E-state index in [1.165, 1.54) is 11.0 Å². The van der Waals surface area contributed by atoms with Crippen LogP contribution in [0.2, 0.25) is 0 Å². The van der Waals surface area contributed by atoms with E-state index in [2.05, 4.69) is 25.8 Å². The van der Waals surface area contributed by atoms with Gasteiger partial charge in [-0.1, -0.05) is 0 Å². The van der Waals surface area contributed by atoms with Gasteiger partial charge in [0.05, 0.1) is 5.69 Å². The Kier molecular flexibility index (Phi) is 4.23. The monoisotopic (exact) mass is 310 g/mol. The molecule has 3 aromatic rings. The summed E-state index contributed by atoms with van der Waals surface area (Å²) in [5.74, 6) is 0.347. The summed E-state index contributed by atoms with van der Waals surface area (Å²) in [5, 5.41) is 13.7. The molecule has 0 fully saturated rings. The number of ether oxygens (including phenoxy) is 1. The van der Waals surface area contributed by atoms with Gasteiger partial charge in [0.15, 0.2) is 6.10 Å². The van der Waals surface area contributed by atoms with Crippen LogP contribution in [-0.2, 0) is 4.79 Å². The zero-order valence-electron chi connectivity index (χ0n) is 12.3. The molecular formula is C15H14N6O2. The molecule has 0 spiro atoms. The van der Waals surface area contributed by atoms with Crippen molar-refractivity contribution in [3.8, 4) is 11.4 Å². The standard InChI is InChI=1S/C15H14N6O2/c1-11(15(22)18-12-6-8-16-9-7-12)23-14-4-2-13(3-5-14)21-10-17-19-20-21/h2-11H,1H3,(H,16,18,22)/t11-/m1/s1. The third-order valence-corrected chi connectivity index (χ3v) is 3.08. The molecule has 0 aliphatic rings. The van der Waals surface area contributed by atoms with E-state index in [4.69, 9.17) is 4.74 Å². The average molecular weight is 310 g/mol. The molecule has 1 atom stereocenters. The molecule has 3 rings (SSSR count). The van der Waals surface area contributed by atoms with Crippen molar-refractivity contribution >= 4 is 11.6 Å². The van der Waals surface area contributed by atoms with Crippen molar-refractivity contribution in [1.29, 1.82) is 0 Å². The highest BCUT2D eigenvalue weighted by atomic mass is 16.5. The second kappa shape index (κ2) is 6.65. The van der Waals surface area contributed by atoms with Gasteiger partial charge in [-0.25, -0.2) is 4.68 Å². The van der Waals surface area contributed by atoms with Gasteiger partial charge in [0.2, 0.25) is 0 Å². The molecule has 0 unspecified atom stereocenters. The number of amides is 1. The summed E-state index contributed by atoms with van der Waals surface area (Å²) >= 11 is 0. The van der Waals surface area contributed by atoms with Crippen molar-refractivity contribution in [3.63, 3.8) is 0 Å². The van der Waals surface area contributed by atoms with E-state index in [1.807, 2.05) is 0 Å². The summed E-state index contributed by atoms with van der Waals surface area (Å²) < 4.78 is 7.16.